The highest BCUT2D eigenvalue weighted by molar-refractivity contribution is 5.64. The van der Waals surface area contributed by atoms with Crippen LogP contribution in [0.25, 0.3) is 11.3 Å². The molecule has 0 atom stereocenters. The Morgan fingerprint density at radius 3 is 2.53 bits per heavy atom. The van der Waals surface area contributed by atoms with Crippen LogP contribution < -0.4 is 9.47 Å². The number of nitrogens with zero attached hydrogens (tertiary/aromatic N) is 1. The van der Waals surface area contributed by atoms with Crippen molar-refractivity contribution in [1.82, 2.24) is 4.98 Å². The van der Waals surface area contributed by atoms with Gasteiger partial charge >= 0.3 is 0 Å². The van der Waals surface area contributed by atoms with E-state index in [9.17, 15) is 0 Å². The summed E-state index contributed by atoms with van der Waals surface area (Å²) in [5, 5.41) is 8.96. The summed E-state index contributed by atoms with van der Waals surface area (Å²) in [6, 6.07) is 11.5. The van der Waals surface area contributed by atoms with Gasteiger partial charge in [0.05, 0.1) is 19.9 Å². The second kappa shape index (κ2) is 6.20. The minimum absolute atomic E-state index is 0.0996. The lowest BCUT2D eigenvalue weighted by Gasteiger charge is -2.10. The van der Waals surface area contributed by atoms with Crippen LogP contribution >= 0.6 is 0 Å². The standard InChI is InChI=1S/C15H17NO3/c1-18-14-7-6-11(10-15(14)19-2)13-5-3-4-12(16-13)8-9-17/h3-7,10,17H,8-9H2,1-2H3. The molecule has 0 saturated carbocycles. The van der Waals surface area contributed by atoms with Gasteiger partial charge in [0.1, 0.15) is 0 Å². The van der Waals surface area contributed by atoms with Gasteiger partial charge in [0.2, 0.25) is 0 Å². The van der Waals surface area contributed by atoms with Gasteiger partial charge in [-0.3, -0.25) is 4.98 Å². The first-order chi connectivity index (χ1) is 9.28. The Bertz CT molecular complexity index is 555. The predicted octanol–water partition coefficient (Wildman–Crippen LogP) is 2.30. The first kappa shape index (κ1) is 13.4. The Labute approximate surface area is 112 Å². The third-order valence-corrected chi connectivity index (χ3v) is 2.85. The highest BCUT2D eigenvalue weighted by Gasteiger charge is 2.07. The fourth-order valence-corrected chi connectivity index (χ4v) is 1.89. The second-order valence-corrected chi connectivity index (χ2v) is 4.06. The van der Waals surface area contributed by atoms with Crippen molar-refractivity contribution in [3.05, 3.63) is 42.1 Å². The number of hydrogen-bond donors (Lipinski definition) is 1. The van der Waals surface area contributed by atoms with Crippen molar-refractivity contribution in [1.29, 1.82) is 0 Å². The van der Waals surface area contributed by atoms with E-state index < -0.39 is 0 Å². The van der Waals surface area contributed by atoms with Crippen LogP contribution in [0.2, 0.25) is 0 Å². The van der Waals surface area contributed by atoms with Gasteiger partial charge in [-0.25, -0.2) is 0 Å². The summed E-state index contributed by atoms with van der Waals surface area (Å²) in [4.78, 5) is 4.51. The number of pyridine rings is 1. The Morgan fingerprint density at radius 2 is 1.84 bits per heavy atom. The van der Waals surface area contributed by atoms with E-state index in [1.165, 1.54) is 0 Å². The zero-order valence-corrected chi connectivity index (χ0v) is 11.1. The topological polar surface area (TPSA) is 51.6 Å². The van der Waals surface area contributed by atoms with Crippen molar-refractivity contribution in [2.24, 2.45) is 0 Å². The number of ether oxygens (including phenoxy) is 2. The molecule has 0 radical (unpaired) electrons. The molecule has 1 aromatic carbocycles. The fraction of sp³-hybridized carbons (Fsp3) is 0.267. The number of methoxy groups -OCH3 is 2. The molecule has 1 aromatic heterocycles. The van der Waals surface area contributed by atoms with E-state index in [0.717, 1.165) is 17.0 Å². The zero-order chi connectivity index (χ0) is 13.7. The van der Waals surface area contributed by atoms with E-state index in [2.05, 4.69) is 4.98 Å². The van der Waals surface area contributed by atoms with E-state index in [1.807, 2.05) is 36.4 Å². The molecule has 0 unspecified atom stereocenters. The molecule has 2 rings (SSSR count). The SMILES string of the molecule is COc1ccc(-c2cccc(CCO)n2)cc1OC. The van der Waals surface area contributed by atoms with E-state index in [1.54, 1.807) is 14.2 Å². The minimum Gasteiger partial charge on any atom is -0.493 e. The first-order valence-corrected chi connectivity index (χ1v) is 6.07. The molecule has 0 saturated heterocycles. The first-order valence-electron chi connectivity index (χ1n) is 6.07. The summed E-state index contributed by atoms with van der Waals surface area (Å²) in [5.74, 6) is 1.37. The molecule has 1 heterocycles. The number of aliphatic hydroxyl groups excluding tert-OH is 1. The van der Waals surface area contributed by atoms with Gasteiger partial charge in [0.15, 0.2) is 11.5 Å². The number of benzene rings is 1. The third-order valence-electron chi connectivity index (χ3n) is 2.85. The van der Waals surface area contributed by atoms with Crippen LogP contribution in [-0.2, 0) is 6.42 Å². The summed E-state index contributed by atoms with van der Waals surface area (Å²) in [6.45, 7) is 0.0996. The van der Waals surface area contributed by atoms with Crippen LogP contribution in [-0.4, -0.2) is 30.9 Å². The molecule has 2 aromatic rings. The maximum atomic E-state index is 8.96. The average Bonchev–Trinajstić information content (AvgIpc) is 2.47. The van der Waals surface area contributed by atoms with Gasteiger partial charge < -0.3 is 14.6 Å². The van der Waals surface area contributed by atoms with Crippen molar-refractivity contribution in [3.8, 4) is 22.8 Å². The fourth-order valence-electron chi connectivity index (χ4n) is 1.89. The van der Waals surface area contributed by atoms with Gasteiger partial charge in [-0.1, -0.05) is 6.07 Å². The van der Waals surface area contributed by atoms with Gasteiger partial charge in [0, 0.05) is 24.3 Å². The third kappa shape index (κ3) is 3.03. The van der Waals surface area contributed by atoms with Gasteiger partial charge in [-0.05, 0) is 30.3 Å². The van der Waals surface area contributed by atoms with E-state index in [4.69, 9.17) is 14.6 Å². The van der Waals surface area contributed by atoms with Crippen molar-refractivity contribution < 1.29 is 14.6 Å². The molecule has 0 aliphatic carbocycles. The van der Waals surface area contributed by atoms with E-state index >= 15 is 0 Å². The van der Waals surface area contributed by atoms with Crippen molar-refractivity contribution in [2.75, 3.05) is 20.8 Å². The number of rotatable bonds is 5. The molecule has 0 amide bonds. The van der Waals surface area contributed by atoms with Crippen LogP contribution in [0.5, 0.6) is 11.5 Å². The van der Waals surface area contributed by atoms with E-state index in [-0.39, 0.29) is 6.61 Å². The molecule has 0 aliphatic heterocycles. The van der Waals surface area contributed by atoms with Crippen LogP contribution in [0.3, 0.4) is 0 Å². The molecule has 0 aliphatic rings. The largest absolute Gasteiger partial charge is 0.493 e. The molecule has 0 bridgehead atoms. The molecule has 0 spiro atoms. The van der Waals surface area contributed by atoms with Crippen LogP contribution in [0, 0.1) is 0 Å². The van der Waals surface area contributed by atoms with Crippen molar-refractivity contribution in [2.45, 2.75) is 6.42 Å². The minimum atomic E-state index is 0.0996. The zero-order valence-electron chi connectivity index (χ0n) is 11.1. The lowest BCUT2D eigenvalue weighted by molar-refractivity contribution is 0.298. The van der Waals surface area contributed by atoms with Crippen molar-refractivity contribution in [3.63, 3.8) is 0 Å². The lowest BCUT2D eigenvalue weighted by atomic mass is 10.1. The molecule has 4 heteroatoms. The molecule has 0 fully saturated rings. The molecular weight excluding hydrogens is 242 g/mol. The quantitative estimate of drug-likeness (QED) is 0.895. The Morgan fingerprint density at radius 1 is 1.05 bits per heavy atom. The van der Waals surface area contributed by atoms with Crippen LogP contribution in [0.4, 0.5) is 0 Å². The number of aliphatic hydroxyl groups is 1. The van der Waals surface area contributed by atoms with E-state index in [0.29, 0.717) is 17.9 Å². The second-order valence-electron chi connectivity index (χ2n) is 4.06. The number of aromatic nitrogens is 1. The molecular formula is C15H17NO3. The maximum Gasteiger partial charge on any atom is 0.161 e. The molecule has 100 valence electrons. The molecule has 4 nitrogen and oxygen atoms in total. The maximum absolute atomic E-state index is 8.96. The highest BCUT2D eigenvalue weighted by Crippen LogP contribution is 2.31. The Kier molecular flexibility index (Phi) is 4.36. The Hall–Kier alpha value is -2.07. The van der Waals surface area contributed by atoms with Gasteiger partial charge in [0.25, 0.3) is 0 Å². The van der Waals surface area contributed by atoms with Gasteiger partial charge in [-0.15, -0.1) is 0 Å². The summed E-state index contributed by atoms with van der Waals surface area (Å²) in [5.41, 5.74) is 2.68. The summed E-state index contributed by atoms with van der Waals surface area (Å²) < 4.78 is 10.5. The summed E-state index contributed by atoms with van der Waals surface area (Å²) >= 11 is 0. The number of hydrogen-bond acceptors (Lipinski definition) is 4. The summed E-state index contributed by atoms with van der Waals surface area (Å²) in [6.07, 6.45) is 0.557. The smallest absolute Gasteiger partial charge is 0.161 e. The van der Waals surface area contributed by atoms with Crippen molar-refractivity contribution >= 4 is 0 Å². The monoisotopic (exact) mass is 259 g/mol. The average molecular weight is 259 g/mol. The molecule has 19 heavy (non-hydrogen) atoms. The summed E-state index contributed by atoms with van der Waals surface area (Å²) in [7, 11) is 3.22. The van der Waals surface area contributed by atoms with Crippen LogP contribution in [0.15, 0.2) is 36.4 Å². The lowest BCUT2D eigenvalue weighted by Crippen LogP contribution is -1.96. The predicted molar refractivity (Wildman–Crippen MR) is 73.6 cm³/mol. The van der Waals surface area contributed by atoms with Gasteiger partial charge in [-0.2, -0.15) is 0 Å². The highest BCUT2D eigenvalue weighted by atomic mass is 16.5. The Balaban J connectivity index is 2.38. The normalized spacial score (nSPS) is 10.3. The van der Waals surface area contributed by atoms with Crippen LogP contribution in [0.1, 0.15) is 5.69 Å². The molecule has 1 N–H and O–H groups in total.